The molecule has 2 aromatic heterocycles. The summed E-state index contributed by atoms with van der Waals surface area (Å²) in [5, 5.41) is 11.9. The van der Waals surface area contributed by atoms with Crippen molar-refractivity contribution < 1.29 is 17.9 Å². The van der Waals surface area contributed by atoms with E-state index in [0.29, 0.717) is 11.5 Å². The van der Waals surface area contributed by atoms with E-state index in [-0.39, 0.29) is 5.92 Å². The Kier molecular flexibility index (Phi) is 9.16. The van der Waals surface area contributed by atoms with Crippen molar-refractivity contribution in [2.24, 2.45) is 0 Å². The molecule has 0 amide bonds. The number of benzene rings is 2. The van der Waals surface area contributed by atoms with E-state index in [1.54, 1.807) is 6.07 Å². The molecule has 1 fully saturated rings. The minimum absolute atomic E-state index is 0.240. The molecule has 1 unspecified atom stereocenters. The van der Waals surface area contributed by atoms with Crippen LogP contribution in [0.5, 0.6) is 0 Å². The van der Waals surface area contributed by atoms with Crippen molar-refractivity contribution in [1.29, 1.82) is 0 Å². The van der Waals surface area contributed by atoms with Gasteiger partial charge in [-0.25, -0.2) is 9.67 Å². The number of alkyl halides is 3. The van der Waals surface area contributed by atoms with Gasteiger partial charge in [-0.3, -0.25) is 4.90 Å². The van der Waals surface area contributed by atoms with E-state index in [1.165, 1.54) is 6.07 Å². The zero-order valence-corrected chi connectivity index (χ0v) is 25.0. The summed E-state index contributed by atoms with van der Waals surface area (Å²) in [6, 6.07) is 15.0. The van der Waals surface area contributed by atoms with Crippen LogP contribution in [-0.4, -0.2) is 52.5 Å². The Morgan fingerprint density at radius 2 is 1.74 bits per heavy atom. The lowest BCUT2D eigenvalue weighted by Gasteiger charge is -2.26. The molecule has 42 heavy (non-hydrogen) atoms. The van der Waals surface area contributed by atoms with E-state index in [9.17, 15) is 13.2 Å². The van der Waals surface area contributed by atoms with E-state index in [0.717, 1.165) is 96.9 Å². The van der Waals surface area contributed by atoms with Gasteiger partial charge in [0.1, 0.15) is 5.82 Å². The molecule has 1 atom stereocenters. The number of fused-ring (bicyclic) bond motifs is 1. The standard InChI is InChI=1S/C31H36F3N6OP/c1-20(2)27-19-26(28-29(37-27)40(38-30(28)42)13-5-12-39-14-16-41-17-15-39)22-8-10-24(11-9-22)35-21(3)36-25-7-4-6-23(18-25)31(32,33)34/h4,6-11,18-20,35-36H,3,5,12-17,42H2,1-2H3. The van der Waals surface area contributed by atoms with Gasteiger partial charge in [-0.1, -0.05) is 47.9 Å². The second kappa shape index (κ2) is 12.8. The molecule has 0 radical (unpaired) electrons. The number of hydrogen-bond acceptors (Lipinski definition) is 6. The highest BCUT2D eigenvalue weighted by Gasteiger charge is 2.30. The van der Waals surface area contributed by atoms with Gasteiger partial charge in [0.25, 0.3) is 0 Å². The molecule has 0 saturated carbocycles. The number of hydrogen-bond donors (Lipinski definition) is 2. The Labute approximate surface area is 246 Å². The predicted octanol–water partition coefficient (Wildman–Crippen LogP) is 6.46. The first kappa shape index (κ1) is 30.0. The zero-order valence-electron chi connectivity index (χ0n) is 23.8. The first-order valence-electron chi connectivity index (χ1n) is 14.1. The van der Waals surface area contributed by atoms with Crippen LogP contribution in [0.2, 0.25) is 0 Å². The van der Waals surface area contributed by atoms with Crippen molar-refractivity contribution >= 4 is 37.1 Å². The summed E-state index contributed by atoms with van der Waals surface area (Å²) in [5.74, 6) is 0.602. The maximum atomic E-state index is 13.1. The minimum atomic E-state index is -4.41. The van der Waals surface area contributed by atoms with Gasteiger partial charge in [0, 0.05) is 43.2 Å². The highest BCUT2D eigenvalue weighted by atomic mass is 31.0. The van der Waals surface area contributed by atoms with Crippen LogP contribution in [-0.2, 0) is 17.5 Å². The van der Waals surface area contributed by atoms with Gasteiger partial charge in [-0.15, -0.1) is 0 Å². The summed E-state index contributed by atoms with van der Waals surface area (Å²) < 4.78 is 46.7. The van der Waals surface area contributed by atoms with Crippen LogP contribution in [0, 0.1) is 0 Å². The number of nitrogens with zero attached hydrogens (tertiary/aromatic N) is 4. The Morgan fingerprint density at radius 3 is 2.43 bits per heavy atom. The van der Waals surface area contributed by atoms with Crippen molar-refractivity contribution in [1.82, 2.24) is 19.7 Å². The lowest BCUT2D eigenvalue weighted by Crippen LogP contribution is -2.37. The van der Waals surface area contributed by atoms with Crippen molar-refractivity contribution in [3.63, 3.8) is 0 Å². The Morgan fingerprint density at radius 1 is 1.02 bits per heavy atom. The molecule has 7 nitrogen and oxygen atoms in total. The molecule has 3 heterocycles. The van der Waals surface area contributed by atoms with Crippen molar-refractivity contribution in [3.05, 3.63) is 78.3 Å². The van der Waals surface area contributed by atoms with Crippen LogP contribution in [0.1, 0.15) is 37.4 Å². The third-order valence-electron chi connectivity index (χ3n) is 7.26. The molecule has 2 N–H and O–H groups in total. The third-order valence-corrected chi connectivity index (χ3v) is 7.67. The Balaban J connectivity index is 1.33. The molecular formula is C31H36F3N6OP. The molecule has 0 bridgehead atoms. The number of rotatable bonds is 10. The van der Waals surface area contributed by atoms with Crippen molar-refractivity contribution in [2.75, 3.05) is 43.5 Å². The van der Waals surface area contributed by atoms with Crippen LogP contribution in [0.15, 0.2) is 67.0 Å². The van der Waals surface area contributed by atoms with E-state index >= 15 is 0 Å². The smallest absolute Gasteiger partial charge is 0.379 e. The fourth-order valence-electron chi connectivity index (χ4n) is 5.05. The summed E-state index contributed by atoms with van der Waals surface area (Å²) in [5.41, 5.74) is 5.14. The summed E-state index contributed by atoms with van der Waals surface area (Å²) in [6.45, 7) is 13.5. The average molecular weight is 597 g/mol. The maximum Gasteiger partial charge on any atom is 0.416 e. The predicted molar refractivity (Wildman–Crippen MR) is 166 cm³/mol. The topological polar surface area (TPSA) is 67.2 Å². The molecule has 11 heteroatoms. The number of halogens is 3. The molecule has 0 spiro atoms. The molecule has 2 aromatic carbocycles. The number of anilines is 2. The fraction of sp³-hybridized carbons (Fsp3) is 0.355. The second-order valence-electron chi connectivity index (χ2n) is 10.7. The number of nitrogens with one attached hydrogen (secondary N) is 2. The lowest BCUT2D eigenvalue weighted by atomic mass is 9.99. The number of ether oxygens (including phenoxy) is 1. The molecule has 4 aromatic rings. The maximum absolute atomic E-state index is 13.1. The highest BCUT2D eigenvalue weighted by Crippen LogP contribution is 2.33. The third kappa shape index (κ3) is 7.12. The molecule has 222 valence electrons. The van der Waals surface area contributed by atoms with Crippen molar-refractivity contribution in [3.8, 4) is 11.1 Å². The molecule has 5 rings (SSSR count). The largest absolute Gasteiger partial charge is 0.416 e. The zero-order chi connectivity index (χ0) is 29.9. The van der Waals surface area contributed by atoms with E-state index in [1.807, 2.05) is 28.9 Å². The normalized spacial score (nSPS) is 14.5. The Bertz CT molecular complexity index is 1550. The highest BCUT2D eigenvalue weighted by molar-refractivity contribution is 7.28. The van der Waals surface area contributed by atoms with Gasteiger partial charge in [-0.2, -0.15) is 18.3 Å². The number of aryl methyl sites for hydroxylation is 1. The minimum Gasteiger partial charge on any atom is -0.379 e. The SMILES string of the molecule is C=C(Nc1ccc(-c2cc(C(C)C)nc3c2c(P)nn3CCCN2CCOCC2)cc1)Nc1cccc(C(F)(F)F)c1. The first-order chi connectivity index (χ1) is 20.1. The van der Waals surface area contributed by atoms with Gasteiger partial charge in [0.15, 0.2) is 5.65 Å². The summed E-state index contributed by atoms with van der Waals surface area (Å²) >= 11 is 0. The molecular weight excluding hydrogens is 560 g/mol. The van der Waals surface area contributed by atoms with Crippen LogP contribution in [0.3, 0.4) is 0 Å². The number of morpholine rings is 1. The number of aromatic nitrogens is 3. The van der Waals surface area contributed by atoms with Crippen LogP contribution >= 0.6 is 9.24 Å². The monoisotopic (exact) mass is 596 g/mol. The van der Waals surface area contributed by atoms with E-state index in [4.69, 9.17) is 14.8 Å². The molecule has 0 aliphatic carbocycles. The molecule has 1 saturated heterocycles. The lowest BCUT2D eigenvalue weighted by molar-refractivity contribution is -0.137. The quantitative estimate of drug-likeness (QED) is 0.205. The summed E-state index contributed by atoms with van der Waals surface area (Å²) in [6.07, 6.45) is -3.44. The van der Waals surface area contributed by atoms with Crippen LogP contribution in [0.25, 0.3) is 22.2 Å². The van der Waals surface area contributed by atoms with Crippen LogP contribution < -0.4 is 16.1 Å². The van der Waals surface area contributed by atoms with E-state index < -0.39 is 11.7 Å². The first-order valence-corrected chi connectivity index (χ1v) is 14.6. The molecule has 1 aliphatic heterocycles. The van der Waals surface area contributed by atoms with Crippen LogP contribution in [0.4, 0.5) is 24.5 Å². The van der Waals surface area contributed by atoms with Gasteiger partial charge >= 0.3 is 6.18 Å². The van der Waals surface area contributed by atoms with Gasteiger partial charge in [-0.05, 0) is 59.9 Å². The summed E-state index contributed by atoms with van der Waals surface area (Å²) in [4.78, 5) is 7.44. The van der Waals surface area contributed by atoms with Crippen molar-refractivity contribution in [2.45, 2.75) is 38.9 Å². The van der Waals surface area contributed by atoms with Gasteiger partial charge in [0.05, 0.1) is 29.6 Å². The van der Waals surface area contributed by atoms with Gasteiger partial charge in [0.2, 0.25) is 0 Å². The van der Waals surface area contributed by atoms with Gasteiger partial charge < -0.3 is 15.4 Å². The summed E-state index contributed by atoms with van der Waals surface area (Å²) in [7, 11) is 2.77. The molecule has 1 aliphatic rings. The Hall–Kier alpha value is -3.46. The second-order valence-corrected chi connectivity index (χ2v) is 11.3. The average Bonchev–Trinajstić information content (AvgIpc) is 3.28. The number of pyridine rings is 1. The van der Waals surface area contributed by atoms with E-state index in [2.05, 4.69) is 51.3 Å². The fourth-order valence-corrected chi connectivity index (χ4v) is 5.48.